The lowest BCUT2D eigenvalue weighted by molar-refractivity contribution is -0.384. The Balaban J connectivity index is 1.96. The molecule has 0 saturated carbocycles. The van der Waals surface area contributed by atoms with Gasteiger partial charge in [-0.2, -0.15) is 0 Å². The van der Waals surface area contributed by atoms with Gasteiger partial charge in [0.25, 0.3) is 5.69 Å². The molecule has 1 heterocycles. The zero-order valence-corrected chi connectivity index (χ0v) is 17.7. The van der Waals surface area contributed by atoms with E-state index >= 15 is 0 Å². The van der Waals surface area contributed by atoms with Gasteiger partial charge in [-0.25, -0.2) is 9.79 Å². The van der Waals surface area contributed by atoms with Crippen molar-refractivity contribution in [2.75, 3.05) is 7.11 Å². The van der Waals surface area contributed by atoms with Crippen molar-refractivity contribution in [3.05, 3.63) is 67.3 Å². The fourth-order valence-corrected chi connectivity index (χ4v) is 3.09. The highest BCUT2D eigenvalue weighted by Gasteiger charge is 2.27. The maximum Gasteiger partial charge on any atom is 0.363 e. The number of cyclic esters (lactones) is 1. The second kappa shape index (κ2) is 9.15. The molecular weight excluding hydrogens is 451 g/mol. The van der Waals surface area contributed by atoms with Gasteiger partial charge in [0.05, 0.1) is 27.6 Å². The number of carbonyl (C=O) groups excluding carboxylic acids is 2. The molecule has 0 N–H and O–H groups in total. The van der Waals surface area contributed by atoms with Crippen LogP contribution in [-0.4, -0.2) is 29.9 Å². The van der Waals surface area contributed by atoms with E-state index in [9.17, 15) is 19.7 Å². The van der Waals surface area contributed by atoms with Crippen LogP contribution < -0.4 is 9.47 Å². The van der Waals surface area contributed by atoms with Crippen LogP contribution in [0.3, 0.4) is 0 Å². The Labute approximate surface area is 186 Å². The van der Waals surface area contributed by atoms with E-state index < -0.39 is 16.9 Å². The Hall–Kier alpha value is -3.43. The van der Waals surface area contributed by atoms with Crippen molar-refractivity contribution in [1.82, 2.24) is 0 Å². The first-order valence-corrected chi connectivity index (χ1v) is 9.54. The monoisotopic (exact) mass is 464 g/mol. The number of nitro groups is 1. The predicted molar refractivity (Wildman–Crippen MR) is 113 cm³/mol. The molecule has 11 heteroatoms. The molecule has 0 bridgehead atoms. The molecule has 0 amide bonds. The summed E-state index contributed by atoms with van der Waals surface area (Å²) in [7, 11) is 1.38. The molecule has 1 aliphatic heterocycles. The third kappa shape index (κ3) is 4.84. The smallest absolute Gasteiger partial charge is 0.363 e. The van der Waals surface area contributed by atoms with Crippen LogP contribution >= 0.6 is 23.2 Å². The van der Waals surface area contributed by atoms with E-state index in [0.29, 0.717) is 5.56 Å². The lowest BCUT2D eigenvalue weighted by atomic mass is 10.1. The van der Waals surface area contributed by atoms with Gasteiger partial charge in [0.15, 0.2) is 17.2 Å². The van der Waals surface area contributed by atoms with E-state index in [1.54, 1.807) is 6.92 Å². The van der Waals surface area contributed by atoms with Crippen molar-refractivity contribution in [2.45, 2.75) is 13.3 Å². The molecule has 0 atom stereocenters. The summed E-state index contributed by atoms with van der Waals surface area (Å²) < 4.78 is 15.5. The van der Waals surface area contributed by atoms with E-state index in [-0.39, 0.29) is 50.8 Å². The molecule has 0 unspecified atom stereocenters. The van der Waals surface area contributed by atoms with E-state index in [2.05, 4.69) is 4.99 Å². The minimum absolute atomic E-state index is 0.00815. The van der Waals surface area contributed by atoms with E-state index in [4.69, 9.17) is 37.4 Å². The SMILES string of the molecule is CCC(=O)Oc1c(Cl)cc(/C=C2\N=C(c3ccc([N+](=O)[O-])cc3Cl)OC2=O)cc1OC. The Morgan fingerprint density at radius 3 is 2.61 bits per heavy atom. The van der Waals surface area contributed by atoms with Crippen molar-refractivity contribution in [3.8, 4) is 11.5 Å². The molecule has 2 aromatic rings. The Bertz CT molecular complexity index is 1160. The fraction of sp³-hybridized carbons (Fsp3) is 0.150. The number of hydrogen-bond acceptors (Lipinski definition) is 8. The third-order valence-electron chi connectivity index (χ3n) is 4.07. The molecule has 1 aliphatic rings. The number of benzene rings is 2. The third-order valence-corrected chi connectivity index (χ3v) is 4.67. The molecule has 0 aromatic heterocycles. The normalized spacial score (nSPS) is 14.3. The van der Waals surface area contributed by atoms with Gasteiger partial charge in [-0.15, -0.1) is 0 Å². The largest absolute Gasteiger partial charge is 0.493 e. The van der Waals surface area contributed by atoms with Crippen LogP contribution in [0.2, 0.25) is 10.0 Å². The maximum atomic E-state index is 12.2. The maximum absolute atomic E-state index is 12.2. The standard InChI is InChI=1S/C20H14Cl2N2O7/c1-3-17(25)30-18-14(22)6-10(8-16(18)29-2)7-15-20(26)31-19(23-15)12-5-4-11(24(27)28)9-13(12)21/h4-9H,3H2,1-2H3/b15-7-. The highest BCUT2D eigenvalue weighted by atomic mass is 35.5. The summed E-state index contributed by atoms with van der Waals surface area (Å²) >= 11 is 12.3. The van der Waals surface area contributed by atoms with Crippen LogP contribution in [0.25, 0.3) is 6.08 Å². The number of methoxy groups -OCH3 is 1. The fourth-order valence-electron chi connectivity index (χ4n) is 2.58. The Morgan fingerprint density at radius 2 is 2.00 bits per heavy atom. The van der Waals surface area contributed by atoms with Gasteiger partial charge >= 0.3 is 11.9 Å². The highest BCUT2D eigenvalue weighted by Crippen LogP contribution is 2.37. The first kappa shape index (κ1) is 22.3. The van der Waals surface area contributed by atoms with E-state index in [1.165, 1.54) is 37.5 Å². The van der Waals surface area contributed by atoms with E-state index in [1.807, 2.05) is 0 Å². The van der Waals surface area contributed by atoms with Gasteiger partial charge in [0, 0.05) is 18.6 Å². The van der Waals surface area contributed by atoms with E-state index in [0.717, 1.165) is 6.07 Å². The number of rotatable bonds is 6. The summed E-state index contributed by atoms with van der Waals surface area (Å²) in [6, 6.07) is 6.67. The molecule has 0 fully saturated rings. The van der Waals surface area contributed by atoms with Crippen LogP contribution in [0.4, 0.5) is 5.69 Å². The van der Waals surface area contributed by atoms with Crippen molar-refractivity contribution in [1.29, 1.82) is 0 Å². The van der Waals surface area contributed by atoms with Gasteiger partial charge in [0.1, 0.15) is 0 Å². The number of nitro benzene ring substituents is 1. The minimum Gasteiger partial charge on any atom is -0.493 e. The average Bonchev–Trinajstić information content (AvgIpc) is 3.09. The van der Waals surface area contributed by atoms with Crippen molar-refractivity contribution < 1.29 is 28.7 Å². The number of halogens is 2. The van der Waals surface area contributed by atoms with Crippen LogP contribution in [0.15, 0.2) is 41.0 Å². The average molecular weight is 465 g/mol. The predicted octanol–water partition coefficient (Wildman–Crippen LogP) is 4.57. The highest BCUT2D eigenvalue weighted by molar-refractivity contribution is 6.35. The van der Waals surface area contributed by atoms with Gasteiger partial charge in [-0.05, 0) is 29.8 Å². The summed E-state index contributed by atoms with van der Waals surface area (Å²) in [4.78, 5) is 38.2. The molecule has 2 aromatic carbocycles. The van der Waals surface area contributed by atoms with Crippen molar-refractivity contribution >= 4 is 52.8 Å². The Kier molecular flexibility index (Phi) is 6.57. The number of aliphatic imine (C=N–C) groups is 1. The van der Waals surface area contributed by atoms with Crippen LogP contribution in [0, 0.1) is 10.1 Å². The molecular formula is C20H14Cl2N2O7. The van der Waals surface area contributed by atoms with Crippen LogP contribution in [-0.2, 0) is 14.3 Å². The number of esters is 2. The first-order valence-electron chi connectivity index (χ1n) is 8.78. The lowest BCUT2D eigenvalue weighted by Gasteiger charge is -2.11. The quantitative estimate of drug-likeness (QED) is 0.202. The zero-order valence-electron chi connectivity index (χ0n) is 16.2. The molecule has 0 aliphatic carbocycles. The molecule has 31 heavy (non-hydrogen) atoms. The molecule has 0 spiro atoms. The number of ether oxygens (including phenoxy) is 3. The van der Waals surface area contributed by atoms with Gasteiger partial charge in [-0.3, -0.25) is 14.9 Å². The number of non-ortho nitro benzene ring substituents is 1. The molecule has 3 rings (SSSR count). The summed E-state index contributed by atoms with van der Waals surface area (Å²) in [5.74, 6) is -1.08. The summed E-state index contributed by atoms with van der Waals surface area (Å²) in [5, 5.41) is 11.0. The second-order valence-corrected chi connectivity index (χ2v) is 6.93. The molecule has 0 radical (unpaired) electrons. The van der Waals surface area contributed by atoms with Gasteiger partial charge in [-0.1, -0.05) is 30.1 Å². The zero-order chi connectivity index (χ0) is 22.7. The molecule has 0 saturated heterocycles. The second-order valence-electron chi connectivity index (χ2n) is 6.12. The van der Waals surface area contributed by atoms with Crippen LogP contribution in [0.1, 0.15) is 24.5 Å². The number of hydrogen-bond donors (Lipinski definition) is 0. The van der Waals surface area contributed by atoms with Gasteiger partial charge in [0.2, 0.25) is 5.90 Å². The molecule has 9 nitrogen and oxygen atoms in total. The molecule has 160 valence electrons. The topological polar surface area (TPSA) is 117 Å². The Morgan fingerprint density at radius 1 is 1.26 bits per heavy atom. The summed E-state index contributed by atoms with van der Waals surface area (Å²) in [6.45, 7) is 1.64. The summed E-state index contributed by atoms with van der Waals surface area (Å²) in [6.07, 6.45) is 1.55. The van der Waals surface area contributed by atoms with Crippen LogP contribution in [0.5, 0.6) is 11.5 Å². The summed E-state index contributed by atoms with van der Waals surface area (Å²) in [5.41, 5.74) is 0.396. The van der Waals surface area contributed by atoms with Crippen molar-refractivity contribution in [2.24, 2.45) is 4.99 Å². The lowest BCUT2D eigenvalue weighted by Crippen LogP contribution is -2.07. The first-order chi connectivity index (χ1) is 14.7. The van der Waals surface area contributed by atoms with Gasteiger partial charge < -0.3 is 14.2 Å². The number of carbonyl (C=O) groups is 2. The number of nitrogens with zero attached hydrogens (tertiary/aromatic N) is 2. The van der Waals surface area contributed by atoms with Crippen molar-refractivity contribution in [3.63, 3.8) is 0 Å². The minimum atomic E-state index is -0.749.